The van der Waals surface area contributed by atoms with Gasteiger partial charge in [0.1, 0.15) is 5.75 Å². The molecule has 5 heteroatoms. The van der Waals surface area contributed by atoms with E-state index in [0.717, 1.165) is 17.5 Å². The first kappa shape index (κ1) is 19.5. The smallest absolute Gasteiger partial charge is 0.303 e. The Hall–Kier alpha value is -2.82. The van der Waals surface area contributed by atoms with Gasteiger partial charge in [0.25, 0.3) is 0 Å². The van der Waals surface area contributed by atoms with Crippen molar-refractivity contribution in [3.05, 3.63) is 65.2 Å². The van der Waals surface area contributed by atoms with Gasteiger partial charge in [-0.2, -0.15) is 0 Å². The molecule has 0 aromatic heterocycles. The SMILES string of the molecule is Cc1ccc(CCC(=O)NCc2ccc(OCCCC(=O)O)cc2)cc1. The molecule has 0 spiro atoms. The highest BCUT2D eigenvalue weighted by molar-refractivity contribution is 5.76. The second-order valence-electron chi connectivity index (χ2n) is 6.25. The van der Waals surface area contributed by atoms with Gasteiger partial charge in [0, 0.05) is 19.4 Å². The summed E-state index contributed by atoms with van der Waals surface area (Å²) in [7, 11) is 0. The van der Waals surface area contributed by atoms with Crippen molar-refractivity contribution >= 4 is 11.9 Å². The number of carbonyl (C=O) groups is 2. The molecule has 2 aromatic rings. The van der Waals surface area contributed by atoms with Crippen LogP contribution >= 0.6 is 0 Å². The van der Waals surface area contributed by atoms with Crippen molar-refractivity contribution in [3.8, 4) is 5.75 Å². The molecule has 0 aliphatic carbocycles. The zero-order valence-corrected chi connectivity index (χ0v) is 15.0. The third-order valence-electron chi connectivity index (χ3n) is 3.98. The molecule has 5 nitrogen and oxygen atoms in total. The Labute approximate surface area is 154 Å². The van der Waals surface area contributed by atoms with Crippen LogP contribution in [0.3, 0.4) is 0 Å². The first-order valence-corrected chi connectivity index (χ1v) is 8.79. The van der Waals surface area contributed by atoms with E-state index in [9.17, 15) is 9.59 Å². The van der Waals surface area contributed by atoms with Crippen LogP contribution in [-0.2, 0) is 22.6 Å². The van der Waals surface area contributed by atoms with Crippen molar-refractivity contribution in [2.24, 2.45) is 0 Å². The number of benzene rings is 2. The molecule has 2 N–H and O–H groups in total. The van der Waals surface area contributed by atoms with Crippen LogP contribution in [0.4, 0.5) is 0 Å². The normalized spacial score (nSPS) is 10.3. The van der Waals surface area contributed by atoms with Crippen molar-refractivity contribution in [1.82, 2.24) is 5.32 Å². The summed E-state index contributed by atoms with van der Waals surface area (Å²) in [5.41, 5.74) is 3.37. The highest BCUT2D eigenvalue weighted by atomic mass is 16.5. The van der Waals surface area contributed by atoms with Crippen LogP contribution in [0.5, 0.6) is 5.75 Å². The van der Waals surface area contributed by atoms with E-state index < -0.39 is 5.97 Å². The second kappa shape index (κ2) is 10.2. The van der Waals surface area contributed by atoms with Crippen molar-refractivity contribution in [3.63, 3.8) is 0 Å². The third-order valence-corrected chi connectivity index (χ3v) is 3.98. The molecule has 0 radical (unpaired) electrons. The van der Waals surface area contributed by atoms with Gasteiger partial charge in [0.2, 0.25) is 5.91 Å². The summed E-state index contributed by atoms with van der Waals surface area (Å²) >= 11 is 0. The maximum absolute atomic E-state index is 12.0. The van der Waals surface area contributed by atoms with E-state index in [1.54, 1.807) is 0 Å². The maximum atomic E-state index is 12.0. The number of carboxylic acids is 1. The number of nitrogens with one attached hydrogen (secondary N) is 1. The molecule has 138 valence electrons. The minimum atomic E-state index is -0.818. The van der Waals surface area contributed by atoms with Gasteiger partial charge in [-0.15, -0.1) is 0 Å². The van der Waals surface area contributed by atoms with E-state index in [1.165, 1.54) is 5.56 Å². The van der Waals surface area contributed by atoms with E-state index in [4.69, 9.17) is 9.84 Å². The lowest BCUT2D eigenvalue weighted by Gasteiger charge is -2.08. The average molecular weight is 355 g/mol. The number of amides is 1. The van der Waals surface area contributed by atoms with Crippen LogP contribution in [0.1, 0.15) is 36.0 Å². The largest absolute Gasteiger partial charge is 0.494 e. The highest BCUT2D eigenvalue weighted by Gasteiger charge is 2.03. The molecular formula is C21H25NO4. The summed E-state index contributed by atoms with van der Waals surface area (Å²) in [6, 6.07) is 15.7. The van der Waals surface area contributed by atoms with Crippen LogP contribution in [0, 0.1) is 6.92 Å². The molecule has 0 fully saturated rings. The lowest BCUT2D eigenvalue weighted by atomic mass is 10.1. The van der Waals surface area contributed by atoms with Crippen molar-refractivity contribution in [2.75, 3.05) is 6.61 Å². The zero-order chi connectivity index (χ0) is 18.8. The number of hydrogen-bond donors (Lipinski definition) is 2. The second-order valence-corrected chi connectivity index (χ2v) is 6.25. The molecule has 26 heavy (non-hydrogen) atoms. The number of hydrogen-bond acceptors (Lipinski definition) is 3. The number of carboxylic acid groups (broad SMARTS) is 1. The van der Waals surface area contributed by atoms with Crippen molar-refractivity contribution in [1.29, 1.82) is 0 Å². The van der Waals surface area contributed by atoms with E-state index in [1.807, 2.05) is 31.2 Å². The van der Waals surface area contributed by atoms with Crippen molar-refractivity contribution < 1.29 is 19.4 Å². The summed E-state index contributed by atoms with van der Waals surface area (Å²) in [6.07, 6.45) is 1.78. The molecule has 0 bridgehead atoms. The van der Waals surface area contributed by atoms with Crippen LogP contribution in [0.2, 0.25) is 0 Å². The monoisotopic (exact) mass is 355 g/mol. The lowest BCUT2D eigenvalue weighted by molar-refractivity contribution is -0.137. The minimum Gasteiger partial charge on any atom is -0.494 e. The Bertz CT molecular complexity index is 708. The Morgan fingerprint density at radius 3 is 2.27 bits per heavy atom. The molecule has 0 unspecified atom stereocenters. The average Bonchev–Trinajstić information content (AvgIpc) is 2.64. The Morgan fingerprint density at radius 2 is 1.62 bits per heavy atom. The van der Waals surface area contributed by atoms with E-state index in [2.05, 4.69) is 29.6 Å². The van der Waals surface area contributed by atoms with Gasteiger partial charge in [-0.1, -0.05) is 42.0 Å². The van der Waals surface area contributed by atoms with Crippen LogP contribution in [0.15, 0.2) is 48.5 Å². The number of aliphatic carboxylic acids is 1. The first-order chi connectivity index (χ1) is 12.5. The zero-order valence-electron chi connectivity index (χ0n) is 15.0. The van der Waals surface area contributed by atoms with Gasteiger partial charge in [-0.3, -0.25) is 9.59 Å². The van der Waals surface area contributed by atoms with Gasteiger partial charge in [0.05, 0.1) is 6.61 Å². The Balaban J connectivity index is 1.67. The summed E-state index contributed by atoms with van der Waals surface area (Å²) < 4.78 is 5.48. The summed E-state index contributed by atoms with van der Waals surface area (Å²) in [6.45, 7) is 2.90. The van der Waals surface area contributed by atoms with E-state index >= 15 is 0 Å². The quantitative estimate of drug-likeness (QED) is 0.640. The molecule has 2 aromatic carbocycles. The number of rotatable bonds is 10. The number of ether oxygens (including phenoxy) is 1. The molecular weight excluding hydrogens is 330 g/mol. The Morgan fingerprint density at radius 1 is 0.962 bits per heavy atom. The molecule has 2 rings (SSSR count). The number of carbonyl (C=O) groups excluding carboxylic acids is 1. The highest BCUT2D eigenvalue weighted by Crippen LogP contribution is 2.13. The standard InChI is InChI=1S/C21H25NO4/c1-16-4-6-17(7-5-16)10-13-20(23)22-15-18-8-11-19(12-9-18)26-14-2-3-21(24)25/h4-9,11-12H,2-3,10,13-15H2,1H3,(H,22,23)(H,24,25). The van der Waals surface area contributed by atoms with E-state index in [-0.39, 0.29) is 12.3 Å². The molecule has 0 aliphatic rings. The van der Waals surface area contributed by atoms with Gasteiger partial charge in [-0.05, 0) is 43.0 Å². The lowest BCUT2D eigenvalue weighted by Crippen LogP contribution is -2.22. The van der Waals surface area contributed by atoms with Gasteiger partial charge in [-0.25, -0.2) is 0 Å². The van der Waals surface area contributed by atoms with Crippen LogP contribution in [-0.4, -0.2) is 23.6 Å². The van der Waals surface area contributed by atoms with Crippen molar-refractivity contribution in [2.45, 2.75) is 39.2 Å². The van der Waals surface area contributed by atoms with Crippen LogP contribution in [0.25, 0.3) is 0 Å². The predicted octanol–water partition coefficient (Wildman–Crippen LogP) is 3.49. The molecule has 0 saturated heterocycles. The topological polar surface area (TPSA) is 75.6 Å². The first-order valence-electron chi connectivity index (χ1n) is 8.79. The molecule has 0 aliphatic heterocycles. The molecule has 0 saturated carbocycles. The summed E-state index contributed by atoms with van der Waals surface area (Å²) in [5.74, 6) is -0.0912. The van der Waals surface area contributed by atoms with E-state index in [0.29, 0.717) is 31.7 Å². The van der Waals surface area contributed by atoms with Gasteiger partial charge >= 0.3 is 5.97 Å². The molecule has 0 heterocycles. The van der Waals surface area contributed by atoms with Gasteiger partial charge < -0.3 is 15.2 Å². The molecule has 1 amide bonds. The minimum absolute atomic E-state index is 0.0274. The summed E-state index contributed by atoms with van der Waals surface area (Å²) in [4.78, 5) is 22.4. The summed E-state index contributed by atoms with van der Waals surface area (Å²) in [5, 5.41) is 11.5. The fourth-order valence-electron chi connectivity index (χ4n) is 2.42. The van der Waals surface area contributed by atoms with Crippen LogP contribution < -0.4 is 10.1 Å². The molecule has 0 atom stereocenters. The fourth-order valence-corrected chi connectivity index (χ4v) is 2.42. The van der Waals surface area contributed by atoms with Gasteiger partial charge in [0.15, 0.2) is 0 Å². The Kier molecular flexibility index (Phi) is 7.68. The predicted molar refractivity (Wildman–Crippen MR) is 100 cm³/mol. The third kappa shape index (κ3) is 7.38. The number of aryl methyl sites for hydroxylation is 2. The fraction of sp³-hybridized carbons (Fsp3) is 0.333. The maximum Gasteiger partial charge on any atom is 0.303 e.